The molecule has 0 aliphatic carbocycles. The zero-order chi connectivity index (χ0) is 17.6. The van der Waals surface area contributed by atoms with Gasteiger partial charge in [-0.3, -0.25) is 9.59 Å². The number of benzene rings is 1. The highest BCUT2D eigenvalue weighted by molar-refractivity contribution is 5.97. The van der Waals surface area contributed by atoms with Crippen molar-refractivity contribution < 1.29 is 23.8 Å². The standard InChI is InChI=1S/C17H17N3O5/c1-23-16-6-11(4-5-18-16)8-19-15(21)9-20-17(22)12-2-3-13-14(7-12)25-10-24-13/h2-7H,8-10H2,1H3,(H,19,21)(H,20,22). The largest absolute Gasteiger partial charge is 0.481 e. The lowest BCUT2D eigenvalue weighted by atomic mass is 10.2. The third-order valence-corrected chi connectivity index (χ3v) is 3.54. The summed E-state index contributed by atoms with van der Waals surface area (Å²) in [6, 6.07) is 8.36. The number of carbonyl (C=O) groups excluding carboxylic acids is 2. The second-order valence-electron chi connectivity index (χ2n) is 5.23. The molecule has 0 atom stereocenters. The van der Waals surface area contributed by atoms with Gasteiger partial charge in [-0.2, -0.15) is 0 Å². The Morgan fingerprint density at radius 1 is 1.16 bits per heavy atom. The number of carbonyl (C=O) groups is 2. The number of pyridine rings is 1. The number of amides is 2. The first-order valence-electron chi connectivity index (χ1n) is 7.59. The molecule has 3 rings (SSSR count). The molecule has 0 radical (unpaired) electrons. The Hall–Kier alpha value is -3.29. The molecule has 2 aromatic rings. The molecule has 1 aliphatic rings. The molecule has 1 aliphatic heterocycles. The topological polar surface area (TPSA) is 98.8 Å². The van der Waals surface area contributed by atoms with E-state index in [9.17, 15) is 9.59 Å². The van der Waals surface area contributed by atoms with E-state index in [0.29, 0.717) is 29.5 Å². The van der Waals surface area contributed by atoms with Gasteiger partial charge in [0.05, 0.1) is 13.7 Å². The molecule has 0 saturated carbocycles. The maximum Gasteiger partial charge on any atom is 0.251 e. The van der Waals surface area contributed by atoms with Gasteiger partial charge in [0, 0.05) is 24.4 Å². The Kier molecular flexibility index (Phi) is 4.98. The highest BCUT2D eigenvalue weighted by atomic mass is 16.7. The summed E-state index contributed by atoms with van der Waals surface area (Å²) >= 11 is 0. The highest BCUT2D eigenvalue weighted by Gasteiger charge is 2.16. The minimum atomic E-state index is -0.362. The molecular weight excluding hydrogens is 326 g/mol. The smallest absolute Gasteiger partial charge is 0.251 e. The first kappa shape index (κ1) is 16.6. The predicted molar refractivity (Wildman–Crippen MR) is 87.5 cm³/mol. The van der Waals surface area contributed by atoms with E-state index in [4.69, 9.17) is 14.2 Å². The van der Waals surface area contributed by atoms with E-state index in [1.165, 1.54) is 7.11 Å². The third kappa shape index (κ3) is 4.17. The van der Waals surface area contributed by atoms with Gasteiger partial charge in [-0.05, 0) is 29.8 Å². The van der Waals surface area contributed by atoms with Crippen molar-refractivity contribution in [3.63, 3.8) is 0 Å². The van der Waals surface area contributed by atoms with Gasteiger partial charge < -0.3 is 24.8 Å². The third-order valence-electron chi connectivity index (χ3n) is 3.54. The summed E-state index contributed by atoms with van der Waals surface area (Å²) in [5.74, 6) is 0.928. The van der Waals surface area contributed by atoms with Crippen LogP contribution in [0.3, 0.4) is 0 Å². The van der Waals surface area contributed by atoms with E-state index in [0.717, 1.165) is 5.56 Å². The van der Waals surface area contributed by atoms with E-state index in [1.807, 2.05) is 0 Å². The van der Waals surface area contributed by atoms with Gasteiger partial charge in [-0.1, -0.05) is 0 Å². The number of methoxy groups -OCH3 is 1. The number of nitrogens with one attached hydrogen (secondary N) is 2. The Morgan fingerprint density at radius 3 is 2.84 bits per heavy atom. The van der Waals surface area contributed by atoms with Crippen LogP contribution in [0.2, 0.25) is 0 Å². The fraction of sp³-hybridized carbons (Fsp3) is 0.235. The van der Waals surface area contributed by atoms with Crippen LogP contribution in [0.1, 0.15) is 15.9 Å². The molecule has 0 fully saturated rings. The maximum absolute atomic E-state index is 12.1. The molecule has 2 heterocycles. The Morgan fingerprint density at radius 2 is 2.00 bits per heavy atom. The second kappa shape index (κ2) is 7.52. The molecule has 2 N–H and O–H groups in total. The van der Waals surface area contributed by atoms with Crippen molar-refractivity contribution >= 4 is 11.8 Å². The van der Waals surface area contributed by atoms with Gasteiger partial charge in [0.15, 0.2) is 11.5 Å². The molecular formula is C17H17N3O5. The van der Waals surface area contributed by atoms with Gasteiger partial charge in [-0.15, -0.1) is 0 Å². The Labute approximate surface area is 144 Å². The molecule has 2 amide bonds. The minimum Gasteiger partial charge on any atom is -0.481 e. The lowest BCUT2D eigenvalue weighted by molar-refractivity contribution is -0.120. The molecule has 130 valence electrons. The van der Waals surface area contributed by atoms with Crippen LogP contribution in [0.15, 0.2) is 36.5 Å². The number of fused-ring (bicyclic) bond motifs is 1. The van der Waals surface area contributed by atoms with Crippen LogP contribution >= 0.6 is 0 Å². The number of nitrogens with zero attached hydrogens (tertiary/aromatic N) is 1. The van der Waals surface area contributed by atoms with Crippen molar-refractivity contribution in [1.29, 1.82) is 0 Å². The zero-order valence-corrected chi connectivity index (χ0v) is 13.6. The van der Waals surface area contributed by atoms with Gasteiger partial charge in [-0.25, -0.2) is 4.98 Å². The summed E-state index contributed by atoms with van der Waals surface area (Å²) in [5, 5.41) is 5.28. The quantitative estimate of drug-likeness (QED) is 0.807. The number of rotatable bonds is 6. The van der Waals surface area contributed by atoms with E-state index < -0.39 is 0 Å². The molecule has 1 aromatic carbocycles. The van der Waals surface area contributed by atoms with E-state index in [2.05, 4.69) is 15.6 Å². The van der Waals surface area contributed by atoms with E-state index in [1.54, 1.807) is 36.5 Å². The van der Waals surface area contributed by atoms with Crippen LogP contribution < -0.4 is 24.8 Å². The van der Waals surface area contributed by atoms with Crippen molar-refractivity contribution in [2.24, 2.45) is 0 Å². The average Bonchev–Trinajstić information content (AvgIpc) is 3.12. The summed E-state index contributed by atoms with van der Waals surface area (Å²) in [6.07, 6.45) is 1.60. The van der Waals surface area contributed by atoms with Crippen molar-refractivity contribution in [2.75, 3.05) is 20.4 Å². The second-order valence-corrected chi connectivity index (χ2v) is 5.23. The monoisotopic (exact) mass is 343 g/mol. The number of hydrogen-bond donors (Lipinski definition) is 2. The lowest BCUT2D eigenvalue weighted by Gasteiger charge is -2.08. The highest BCUT2D eigenvalue weighted by Crippen LogP contribution is 2.32. The number of hydrogen-bond acceptors (Lipinski definition) is 6. The van der Waals surface area contributed by atoms with Crippen LogP contribution in [0.25, 0.3) is 0 Å². The van der Waals surface area contributed by atoms with Crippen LogP contribution in [0, 0.1) is 0 Å². The fourth-order valence-corrected chi connectivity index (χ4v) is 2.24. The van der Waals surface area contributed by atoms with Gasteiger partial charge in [0.1, 0.15) is 0 Å². The molecule has 25 heavy (non-hydrogen) atoms. The summed E-state index contributed by atoms with van der Waals surface area (Å²) in [4.78, 5) is 28.0. The minimum absolute atomic E-state index is 0.129. The summed E-state index contributed by atoms with van der Waals surface area (Å²) in [7, 11) is 1.52. The van der Waals surface area contributed by atoms with Crippen LogP contribution in [0.4, 0.5) is 0 Å². The molecule has 8 heteroatoms. The summed E-state index contributed by atoms with van der Waals surface area (Å²) in [6.45, 7) is 0.329. The zero-order valence-electron chi connectivity index (χ0n) is 13.6. The summed E-state index contributed by atoms with van der Waals surface area (Å²) < 4.78 is 15.4. The maximum atomic E-state index is 12.1. The Bertz CT molecular complexity index is 794. The van der Waals surface area contributed by atoms with Crippen molar-refractivity contribution in [3.8, 4) is 17.4 Å². The molecule has 0 bridgehead atoms. The van der Waals surface area contributed by atoms with Crippen LogP contribution in [-0.4, -0.2) is 37.2 Å². The number of ether oxygens (including phenoxy) is 3. The van der Waals surface area contributed by atoms with Crippen molar-refractivity contribution in [3.05, 3.63) is 47.7 Å². The normalized spacial score (nSPS) is 11.7. The van der Waals surface area contributed by atoms with Crippen LogP contribution in [-0.2, 0) is 11.3 Å². The van der Waals surface area contributed by atoms with Crippen molar-refractivity contribution in [2.45, 2.75) is 6.54 Å². The van der Waals surface area contributed by atoms with Gasteiger partial charge >= 0.3 is 0 Å². The first-order valence-corrected chi connectivity index (χ1v) is 7.59. The van der Waals surface area contributed by atoms with Gasteiger partial charge in [0.25, 0.3) is 5.91 Å². The molecule has 1 aromatic heterocycles. The lowest BCUT2D eigenvalue weighted by Crippen LogP contribution is -2.36. The fourth-order valence-electron chi connectivity index (χ4n) is 2.24. The Balaban J connectivity index is 1.47. The van der Waals surface area contributed by atoms with E-state index >= 15 is 0 Å². The molecule has 0 saturated heterocycles. The molecule has 0 spiro atoms. The summed E-state index contributed by atoms with van der Waals surface area (Å²) in [5.41, 5.74) is 1.25. The van der Waals surface area contributed by atoms with Gasteiger partial charge in [0.2, 0.25) is 18.6 Å². The molecule has 0 unspecified atom stereocenters. The van der Waals surface area contributed by atoms with E-state index in [-0.39, 0.29) is 25.2 Å². The SMILES string of the molecule is COc1cc(CNC(=O)CNC(=O)c2ccc3c(c2)OCO3)ccn1. The average molecular weight is 343 g/mol. The van der Waals surface area contributed by atoms with Crippen molar-refractivity contribution in [1.82, 2.24) is 15.6 Å². The number of aromatic nitrogens is 1. The first-order chi connectivity index (χ1) is 12.2. The molecule has 8 nitrogen and oxygen atoms in total. The van der Waals surface area contributed by atoms with Crippen LogP contribution in [0.5, 0.6) is 17.4 Å². The predicted octanol–water partition coefficient (Wildman–Crippen LogP) is 0.865.